The van der Waals surface area contributed by atoms with E-state index >= 15 is 0 Å². The molecule has 0 bridgehead atoms. The van der Waals surface area contributed by atoms with Crippen LogP contribution in [0.4, 0.5) is 0 Å². The number of nitrogens with zero attached hydrogens (tertiary/aromatic N) is 2. The highest BCUT2D eigenvalue weighted by Crippen LogP contribution is 2.39. The lowest BCUT2D eigenvalue weighted by Crippen LogP contribution is -2.39. The number of aromatic nitrogens is 2. The van der Waals surface area contributed by atoms with Crippen molar-refractivity contribution in [3.05, 3.63) is 30.0 Å². The van der Waals surface area contributed by atoms with Crippen LogP contribution in [0.3, 0.4) is 0 Å². The lowest BCUT2D eigenvalue weighted by Gasteiger charge is -2.19. The van der Waals surface area contributed by atoms with Crippen molar-refractivity contribution in [2.75, 3.05) is 21.3 Å². The Morgan fingerprint density at radius 3 is 2.21 bits per heavy atom. The summed E-state index contributed by atoms with van der Waals surface area (Å²) in [7, 11) is 4.83. The smallest absolute Gasteiger partial charge is 0.272 e. The zero-order valence-corrected chi connectivity index (χ0v) is 21.6. The Morgan fingerprint density at radius 1 is 1.09 bits per heavy atom. The van der Waals surface area contributed by atoms with Crippen molar-refractivity contribution in [1.82, 2.24) is 20.4 Å². The number of carbonyl (C=O) groups is 2. The van der Waals surface area contributed by atoms with Gasteiger partial charge in [-0.2, -0.15) is 5.10 Å². The highest BCUT2D eigenvalue weighted by molar-refractivity contribution is 5.94. The number of methoxy groups -OCH3 is 2. The average Bonchev–Trinajstić information content (AvgIpc) is 3.24. The van der Waals surface area contributed by atoms with E-state index in [4.69, 9.17) is 14.6 Å². The maximum atomic E-state index is 13.3. The average molecular weight is 473 g/mol. The van der Waals surface area contributed by atoms with Crippen LogP contribution in [0.1, 0.15) is 63.9 Å². The Morgan fingerprint density at radius 2 is 1.71 bits per heavy atom. The highest BCUT2D eigenvalue weighted by Gasteiger charge is 2.24. The van der Waals surface area contributed by atoms with Crippen LogP contribution in [0.2, 0.25) is 0 Å². The SMILES string of the molecule is CCC(CC)Cn1nc(C(=O)N[C@H](CC(=O)NC)CC(C)C)cc1-c1c(OC)cccc1OC. The monoisotopic (exact) mass is 472 g/mol. The summed E-state index contributed by atoms with van der Waals surface area (Å²) in [4.78, 5) is 25.2. The zero-order chi connectivity index (χ0) is 25.3. The fourth-order valence-electron chi connectivity index (χ4n) is 4.11. The molecule has 0 aliphatic heterocycles. The van der Waals surface area contributed by atoms with Crippen molar-refractivity contribution >= 4 is 11.8 Å². The van der Waals surface area contributed by atoms with Crippen molar-refractivity contribution in [3.8, 4) is 22.8 Å². The second-order valence-corrected chi connectivity index (χ2v) is 8.99. The third kappa shape index (κ3) is 6.98. The Balaban J connectivity index is 2.49. The molecule has 1 heterocycles. The van der Waals surface area contributed by atoms with Crippen LogP contribution in [0.5, 0.6) is 11.5 Å². The molecule has 188 valence electrons. The van der Waals surface area contributed by atoms with Gasteiger partial charge >= 0.3 is 0 Å². The molecule has 1 aromatic carbocycles. The zero-order valence-electron chi connectivity index (χ0n) is 21.6. The molecular formula is C26H40N4O4. The summed E-state index contributed by atoms with van der Waals surface area (Å²) in [5, 5.41) is 10.4. The number of ether oxygens (including phenoxy) is 2. The first-order chi connectivity index (χ1) is 16.3. The molecule has 1 atom stereocenters. The Kier molecular flexibility index (Phi) is 10.4. The van der Waals surface area contributed by atoms with Crippen molar-refractivity contribution in [2.24, 2.45) is 11.8 Å². The van der Waals surface area contributed by atoms with Gasteiger partial charge in [-0.1, -0.05) is 46.6 Å². The Labute approximate surface area is 203 Å². The molecule has 0 fully saturated rings. The number of carbonyl (C=O) groups excluding carboxylic acids is 2. The molecule has 2 aromatic rings. The van der Waals surface area contributed by atoms with Crippen molar-refractivity contribution < 1.29 is 19.1 Å². The molecule has 2 N–H and O–H groups in total. The second-order valence-electron chi connectivity index (χ2n) is 8.99. The lowest BCUT2D eigenvalue weighted by atomic mass is 10.0. The van der Waals surface area contributed by atoms with Crippen LogP contribution in [0.25, 0.3) is 11.3 Å². The van der Waals surface area contributed by atoms with E-state index in [1.807, 2.05) is 22.9 Å². The van der Waals surface area contributed by atoms with Gasteiger partial charge in [0.1, 0.15) is 11.5 Å². The van der Waals surface area contributed by atoms with Crippen LogP contribution in [-0.2, 0) is 11.3 Å². The van der Waals surface area contributed by atoms with Crippen LogP contribution >= 0.6 is 0 Å². The van der Waals surface area contributed by atoms with E-state index in [1.54, 1.807) is 27.3 Å². The van der Waals surface area contributed by atoms with Gasteiger partial charge in [0.2, 0.25) is 5.91 Å². The van der Waals surface area contributed by atoms with Gasteiger partial charge < -0.3 is 20.1 Å². The number of benzene rings is 1. The van der Waals surface area contributed by atoms with Gasteiger partial charge in [-0.05, 0) is 36.5 Å². The minimum absolute atomic E-state index is 0.107. The Bertz CT molecular complexity index is 928. The van der Waals surface area contributed by atoms with Crippen molar-refractivity contribution in [3.63, 3.8) is 0 Å². The lowest BCUT2D eigenvalue weighted by molar-refractivity contribution is -0.121. The molecule has 0 aliphatic carbocycles. The molecule has 34 heavy (non-hydrogen) atoms. The number of hydrogen-bond acceptors (Lipinski definition) is 5. The maximum Gasteiger partial charge on any atom is 0.272 e. The van der Waals surface area contributed by atoms with Crippen molar-refractivity contribution in [1.29, 1.82) is 0 Å². The van der Waals surface area contributed by atoms with E-state index in [0.717, 1.165) is 24.1 Å². The first-order valence-electron chi connectivity index (χ1n) is 12.1. The fraction of sp³-hybridized carbons (Fsp3) is 0.577. The van der Waals surface area contributed by atoms with Gasteiger partial charge in [-0.25, -0.2) is 0 Å². The summed E-state index contributed by atoms with van der Waals surface area (Å²) in [5.74, 6) is 1.63. The van der Waals surface area contributed by atoms with Gasteiger partial charge in [0.15, 0.2) is 5.69 Å². The summed E-state index contributed by atoms with van der Waals surface area (Å²) < 4.78 is 13.1. The van der Waals surface area contributed by atoms with Crippen LogP contribution in [-0.4, -0.2) is 48.9 Å². The van der Waals surface area contributed by atoms with Crippen LogP contribution in [0.15, 0.2) is 24.3 Å². The first kappa shape index (κ1) is 27.2. The quantitative estimate of drug-likeness (QED) is 0.454. The molecule has 2 amide bonds. The minimum atomic E-state index is -0.298. The van der Waals surface area contributed by atoms with Crippen LogP contribution < -0.4 is 20.1 Å². The molecule has 0 spiro atoms. The molecular weight excluding hydrogens is 432 g/mol. The minimum Gasteiger partial charge on any atom is -0.496 e. The number of hydrogen-bond donors (Lipinski definition) is 2. The first-order valence-corrected chi connectivity index (χ1v) is 12.1. The molecule has 1 aromatic heterocycles. The van der Waals surface area contributed by atoms with E-state index in [2.05, 4.69) is 38.3 Å². The van der Waals surface area contributed by atoms with Gasteiger partial charge in [0, 0.05) is 26.1 Å². The normalized spacial score (nSPS) is 12.0. The van der Waals surface area contributed by atoms with E-state index in [9.17, 15) is 9.59 Å². The molecule has 0 saturated heterocycles. The number of amides is 2. The molecule has 0 unspecified atom stereocenters. The largest absolute Gasteiger partial charge is 0.496 e. The van der Waals surface area contributed by atoms with Gasteiger partial charge in [0.05, 0.1) is 25.5 Å². The summed E-state index contributed by atoms with van der Waals surface area (Å²) in [6.07, 6.45) is 2.93. The number of nitrogens with one attached hydrogen (secondary N) is 2. The summed E-state index contributed by atoms with van der Waals surface area (Å²) in [5.41, 5.74) is 1.83. The van der Waals surface area contributed by atoms with E-state index in [-0.39, 0.29) is 24.3 Å². The molecule has 8 nitrogen and oxygen atoms in total. The fourth-order valence-corrected chi connectivity index (χ4v) is 4.11. The van der Waals surface area contributed by atoms with E-state index in [1.165, 1.54) is 0 Å². The molecule has 8 heteroatoms. The third-order valence-corrected chi connectivity index (χ3v) is 6.08. The van der Waals surface area contributed by atoms with Gasteiger partial charge in [-0.15, -0.1) is 0 Å². The summed E-state index contributed by atoms with van der Waals surface area (Å²) in [6.45, 7) is 9.12. The molecule has 0 saturated carbocycles. The Hall–Kier alpha value is -3.03. The topological polar surface area (TPSA) is 94.5 Å². The number of rotatable bonds is 13. The van der Waals surface area contributed by atoms with Gasteiger partial charge in [-0.3, -0.25) is 14.3 Å². The van der Waals surface area contributed by atoms with Crippen molar-refractivity contribution in [2.45, 2.75) is 66.0 Å². The van der Waals surface area contributed by atoms with E-state index in [0.29, 0.717) is 42.0 Å². The molecule has 2 rings (SSSR count). The van der Waals surface area contributed by atoms with Crippen LogP contribution in [0, 0.1) is 11.8 Å². The van der Waals surface area contributed by atoms with E-state index < -0.39 is 0 Å². The van der Waals surface area contributed by atoms with Gasteiger partial charge in [0.25, 0.3) is 5.91 Å². The predicted molar refractivity (Wildman–Crippen MR) is 134 cm³/mol. The molecule has 0 aliphatic rings. The second kappa shape index (κ2) is 13.0. The summed E-state index contributed by atoms with van der Waals surface area (Å²) in [6, 6.07) is 7.11. The predicted octanol–water partition coefficient (Wildman–Crippen LogP) is 4.28. The maximum absolute atomic E-state index is 13.3. The molecule has 0 radical (unpaired) electrons. The summed E-state index contributed by atoms with van der Waals surface area (Å²) >= 11 is 0. The highest BCUT2D eigenvalue weighted by atomic mass is 16.5. The standard InChI is InChI=1S/C26H40N4O4/c1-8-18(9-2)16-30-21(25-22(33-6)11-10-12-23(25)34-7)15-20(29-30)26(32)28-19(13-17(3)4)14-24(31)27-5/h10-12,15,17-19H,8-9,13-14,16H2,1-7H3,(H,27,31)(H,28,32)/t19-/m0/s1. The third-order valence-electron chi connectivity index (χ3n) is 6.08.